The Morgan fingerprint density at radius 2 is 2.10 bits per heavy atom. The normalized spacial score (nSPS) is 11.2. The van der Waals surface area contributed by atoms with E-state index in [1.54, 1.807) is 37.5 Å². The van der Waals surface area contributed by atoms with Gasteiger partial charge in [-0.3, -0.25) is 4.79 Å². The van der Waals surface area contributed by atoms with Crippen molar-refractivity contribution in [1.29, 1.82) is 0 Å². The first-order chi connectivity index (χ1) is 9.65. The van der Waals surface area contributed by atoms with Gasteiger partial charge in [-0.25, -0.2) is 5.43 Å². The Labute approximate surface area is 124 Å². The van der Waals surface area contributed by atoms with Gasteiger partial charge in [-0.05, 0) is 43.3 Å². The van der Waals surface area contributed by atoms with Gasteiger partial charge in [-0.15, -0.1) is 0 Å². The van der Waals surface area contributed by atoms with Gasteiger partial charge in [0.1, 0.15) is 17.2 Å². The van der Waals surface area contributed by atoms with E-state index >= 15 is 0 Å². The molecule has 0 bridgehead atoms. The minimum absolute atomic E-state index is 0.101. The number of rotatable bonds is 5. The van der Waals surface area contributed by atoms with Crippen LogP contribution in [-0.2, 0) is 4.79 Å². The molecular formula is C14H13BrN2O3. The van der Waals surface area contributed by atoms with Gasteiger partial charge in [0.15, 0.2) is 6.61 Å². The number of carbonyl (C=O) groups excluding carboxylic acids is 1. The number of amides is 1. The lowest BCUT2D eigenvalue weighted by Crippen LogP contribution is -2.25. The molecule has 0 aliphatic carbocycles. The van der Waals surface area contributed by atoms with Gasteiger partial charge in [-0.2, -0.15) is 5.10 Å². The van der Waals surface area contributed by atoms with Gasteiger partial charge in [0, 0.05) is 4.47 Å². The third kappa shape index (κ3) is 4.24. The molecule has 0 unspecified atom stereocenters. The second-order valence-electron chi connectivity index (χ2n) is 3.95. The number of nitrogens with zero attached hydrogens (tertiary/aromatic N) is 1. The first-order valence-corrected chi connectivity index (χ1v) is 6.70. The third-order valence-corrected chi connectivity index (χ3v) is 2.94. The summed E-state index contributed by atoms with van der Waals surface area (Å²) in [5.74, 6) is 0.896. The quantitative estimate of drug-likeness (QED) is 0.674. The molecule has 1 N–H and O–H groups in total. The van der Waals surface area contributed by atoms with Gasteiger partial charge in [-0.1, -0.05) is 15.9 Å². The van der Waals surface area contributed by atoms with Crippen LogP contribution in [0.4, 0.5) is 0 Å². The number of carbonyl (C=O) groups is 1. The van der Waals surface area contributed by atoms with Crippen molar-refractivity contribution in [1.82, 2.24) is 5.43 Å². The molecule has 0 fully saturated rings. The standard InChI is InChI=1S/C14H13BrN2O3/c1-10(13-3-2-8-19-13)16-17-14(18)9-20-12-6-4-11(15)5-7-12/h2-8H,9H2,1H3,(H,17,18)/b16-10-. The van der Waals surface area contributed by atoms with Crippen molar-refractivity contribution >= 4 is 27.5 Å². The lowest BCUT2D eigenvalue weighted by atomic mass is 10.3. The molecule has 104 valence electrons. The van der Waals surface area contributed by atoms with Gasteiger partial charge in [0.2, 0.25) is 0 Å². The van der Waals surface area contributed by atoms with Crippen LogP contribution < -0.4 is 10.2 Å². The maximum Gasteiger partial charge on any atom is 0.277 e. The first-order valence-electron chi connectivity index (χ1n) is 5.90. The van der Waals surface area contributed by atoms with E-state index in [-0.39, 0.29) is 12.5 Å². The van der Waals surface area contributed by atoms with E-state index in [1.807, 2.05) is 12.1 Å². The summed E-state index contributed by atoms with van der Waals surface area (Å²) in [6.07, 6.45) is 1.55. The molecule has 2 rings (SSSR count). The Bertz CT molecular complexity index is 591. The third-order valence-electron chi connectivity index (χ3n) is 2.41. The highest BCUT2D eigenvalue weighted by atomic mass is 79.9. The molecule has 1 heterocycles. The van der Waals surface area contributed by atoms with E-state index in [1.165, 1.54) is 0 Å². The Balaban J connectivity index is 1.81. The van der Waals surface area contributed by atoms with E-state index < -0.39 is 0 Å². The van der Waals surface area contributed by atoms with Crippen molar-refractivity contribution in [2.45, 2.75) is 6.92 Å². The number of hydrazone groups is 1. The summed E-state index contributed by atoms with van der Waals surface area (Å²) in [5, 5.41) is 3.93. The molecular weight excluding hydrogens is 324 g/mol. The number of benzene rings is 1. The van der Waals surface area contributed by atoms with Gasteiger partial charge < -0.3 is 9.15 Å². The van der Waals surface area contributed by atoms with Crippen LogP contribution >= 0.6 is 15.9 Å². The van der Waals surface area contributed by atoms with Crippen LogP contribution in [0.2, 0.25) is 0 Å². The van der Waals surface area contributed by atoms with Crippen molar-refractivity contribution in [3.63, 3.8) is 0 Å². The summed E-state index contributed by atoms with van der Waals surface area (Å²) in [6.45, 7) is 1.64. The van der Waals surface area contributed by atoms with E-state index in [2.05, 4.69) is 26.5 Å². The van der Waals surface area contributed by atoms with Crippen LogP contribution in [0.3, 0.4) is 0 Å². The molecule has 1 aromatic heterocycles. The largest absolute Gasteiger partial charge is 0.484 e. The predicted molar refractivity (Wildman–Crippen MR) is 78.7 cm³/mol. The number of nitrogens with one attached hydrogen (secondary N) is 1. The maximum absolute atomic E-state index is 11.6. The summed E-state index contributed by atoms with van der Waals surface area (Å²) in [4.78, 5) is 11.6. The van der Waals surface area contributed by atoms with Gasteiger partial charge in [0.25, 0.3) is 5.91 Å². The summed E-state index contributed by atoms with van der Waals surface area (Å²) in [7, 11) is 0. The molecule has 0 aliphatic rings. The Morgan fingerprint density at radius 1 is 1.35 bits per heavy atom. The van der Waals surface area contributed by atoms with Crippen LogP contribution in [0, 0.1) is 0 Å². The SMILES string of the molecule is C/C(=N/NC(=O)COc1ccc(Br)cc1)c1ccco1. The second-order valence-corrected chi connectivity index (χ2v) is 4.87. The summed E-state index contributed by atoms with van der Waals surface area (Å²) in [5.41, 5.74) is 3.00. The van der Waals surface area contributed by atoms with E-state index in [0.29, 0.717) is 17.2 Å². The molecule has 20 heavy (non-hydrogen) atoms. The zero-order valence-electron chi connectivity index (χ0n) is 10.8. The van der Waals surface area contributed by atoms with Crippen LogP contribution in [0.25, 0.3) is 0 Å². The highest BCUT2D eigenvalue weighted by Crippen LogP contribution is 2.15. The molecule has 2 aromatic rings. The Kier molecular flexibility index (Phi) is 4.95. The number of furan rings is 1. The smallest absolute Gasteiger partial charge is 0.277 e. The number of ether oxygens (including phenoxy) is 1. The molecule has 0 saturated heterocycles. The van der Waals surface area contributed by atoms with Crippen molar-refractivity contribution < 1.29 is 13.9 Å². The fourth-order valence-corrected chi connectivity index (χ4v) is 1.66. The minimum Gasteiger partial charge on any atom is -0.484 e. The topological polar surface area (TPSA) is 63.8 Å². The summed E-state index contributed by atoms with van der Waals surface area (Å²) < 4.78 is 11.4. The predicted octanol–water partition coefficient (Wildman–Crippen LogP) is 2.96. The molecule has 6 heteroatoms. The van der Waals surface area contributed by atoms with Gasteiger partial charge in [0.05, 0.1) is 6.26 Å². The van der Waals surface area contributed by atoms with Crippen molar-refractivity contribution in [2.75, 3.05) is 6.61 Å². The Morgan fingerprint density at radius 3 is 2.75 bits per heavy atom. The lowest BCUT2D eigenvalue weighted by molar-refractivity contribution is -0.123. The monoisotopic (exact) mass is 336 g/mol. The molecule has 0 spiro atoms. The fraction of sp³-hybridized carbons (Fsp3) is 0.143. The van der Waals surface area contributed by atoms with E-state index in [4.69, 9.17) is 9.15 Å². The highest BCUT2D eigenvalue weighted by Gasteiger charge is 2.04. The first kappa shape index (κ1) is 14.3. The van der Waals surface area contributed by atoms with Crippen LogP contribution in [0.15, 0.2) is 56.7 Å². The minimum atomic E-state index is -0.334. The highest BCUT2D eigenvalue weighted by molar-refractivity contribution is 9.10. The van der Waals surface area contributed by atoms with Crippen LogP contribution in [-0.4, -0.2) is 18.2 Å². The molecule has 0 saturated carbocycles. The van der Waals surface area contributed by atoms with Crippen LogP contribution in [0.5, 0.6) is 5.75 Å². The maximum atomic E-state index is 11.6. The average Bonchev–Trinajstić information content (AvgIpc) is 2.98. The average molecular weight is 337 g/mol. The molecule has 0 aliphatic heterocycles. The molecule has 0 atom stereocenters. The van der Waals surface area contributed by atoms with Gasteiger partial charge >= 0.3 is 0 Å². The summed E-state index contributed by atoms with van der Waals surface area (Å²) in [6, 6.07) is 10.7. The van der Waals surface area contributed by atoms with Crippen molar-refractivity contribution in [2.24, 2.45) is 5.10 Å². The number of hydrogen-bond acceptors (Lipinski definition) is 4. The zero-order valence-corrected chi connectivity index (χ0v) is 12.4. The number of hydrogen-bond donors (Lipinski definition) is 1. The molecule has 1 aromatic carbocycles. The van der Waals surface area contributed by atoms with Crippen LogP contribution in [0.1, 0.15) is 12.7 Å². The zero-order chi connectivity index (χ0) is 14.4. The Hall–Kier alpha value is -2.08. The molecule has 0 radical (unpaired) electrons. The lowest BCUT2D eigenvalue weighted by Gasteiger charge is -2.05. The van der Waals surface area contributed by atoms with E-state index in [9.17, 15) is 4.79 Å². The number of halogens is 1. The molecule has 5 nitrogen and oxygen atoms in total. The fourth-order valence-electron chi connectivity index (χ4n) is 1.40. The summed E-state index contributed by atoms with van der Waals surface area (Å²) >= 11 is 3.32. The van der Waals surface area contributed by atoms with Crippen molar-refractivity contribution in [3.05, 3.63) is 52.9 Å². The van der Waals surface area contributed by atoms with E-state index in [0.717, 1.165) is 4.47 Å². The van der Waals surface area contributed by atoms with Crippen molar-refractivity contribution in [3.8, 4) is 5.75 Å². The molecule has 1 amide bonds. The second kappa shape index (κ2) is 6.91.